The highest BCUT2D eigenvalue weighted by Gasteiger charge is 2.28. The molecule has 1 aromatic rings. The lowest BCUT2D eigenvalue weighted by Crippen LogP contribution is -2.11. The molecule has 96 valence electrons. The van der Waals surface area contributed by atoms with Crippen molar-refractivity contribution in [3.8, 4) is 0 Å². The summed E-state index contributed by atoms with van der Waals surface area (Å²) < 4.78 is 5.58. The van der Waals surface area contributed by atoms with E-state index in [0.29, 0.717) is 12.0 Å². The zero-order valence-electron chi connectivity index (χ0n) is 11.0. The van der Waals surface area contributed by atoms with Gasteiger partial charge in [-0.1, -0.05) is 20.3 Å². The Labute approximate surface area is 108 Å². The Balaban J connectivity index is 2.28. The molecule has 2 nitrogen and oxygen atoms in total. The first-order valence-electron chi connectivity index (χ1n) is 6.59. The van der Waals surface area contributed by atoms with Crippen molar-refractivity contribution in [3.05, 3.63) is 21.4 Å². The number of fused-ring (bicyclic) bond motifs is 1. The van der Waals surface area contributed by atoms with Gasteiger partial charge in [-0.25, -0.2) is 0 Å². The first kappa shape index (κ1) is 13.1. The van der Waals surface area contributed by atoms with Crippen molar-refractivity contribution in [2.45, 2.75) is 57.6 Å². The van der Waals surface area contributed by atoms with Gasteiger partial charge in [-0.15, -0.1) is 11.3 Å². The topological polar surface area (TPSA) is 35.2 Å². The largest absolute Gasteiger partial charge is 0.377 e. The lowest BCUT2D eigenvalue weighted by atomic mass is 9.88. The summed E-state index contributed by atoms with van der Waals surface area (Å²) >= 11 is 1.91. The quantitative estimate of drug-likeness (QED) is 0.875. The van der Waals surface area contributed by atoms with Gasteiger partial charge in [0.15, 0.2) is 0 Å². The van der Waals surface area contributed by atoms with Crippen molar-refractivity contribution < 1.29 is 4.74 Å². The van der Waals surface area contributed by atoms with E-state index < -0.39 is 0 Å². The number of methoxy groups -OCH3 is 1. The summed E-state index contributed by atoms with van der Waals surface area (Å²) in [7, 11) is 1.81. The van der Waals surface area contributed by atoms with Crippen molar-refractivity contribution in [1.82, 2.24) is 0 Å². The molecule has 2 rings (SSSR count). The summed E-state index contributed by atoms with van der Waals surface area (Å²) in [5.74, 6) is 0.670. The standard InChI is InChI=1S/C14H23NOS/c1-4-5-11(15)13-8-10-12(16-3)7-6-9(2)14(10)17-13/h8-9,11-12H,4-7,15H2,1-3H3. The van der Waals surface area contributed by atoms with Crippen LogP contribution in [0.1, 0.15) is 72.9 Å². The van der Waals surface area contributed by atoms with E-state index in [-0.39, 0.29) is 6.04 Å². The van der Waals surface area contributed by atoms with E-state index in [1.165, 1.54) is 21.7 Å². The van der Waals surface area contributed by atoms with Crippen molar-refractivity contribution in [2.24, 2.45) is 5.73 Å². The molecule has 0 saturated heterocycles. The van der Waals surface area contributed by atoms with Crippen LogP contribution in [0, 0.1) is 0 Å². The number of ether oxygens (including phenoxy) is 1. The van der Waals surface area contributed by atoms with Gasteiger partial charge in [0, 0.05) is 22.9 Å². The Kier molecular flexibility index (Phi) is 4.23. The summed E-state index contributed by atoms with van der Waals surface area (Å²) in [4.78, 5) is 2.84. The number of thiophene rings is 1. The molecule has 1 aliphatic rings. The SMILES string of the molecule is CCCC(N)c1cc2c(s1)C(C)CCC2OC. The van der Waals surface area contributed by atoms with Crippen LogP contribution >= 0.6 is 11.3 Å². The predicted octanol–water partition coefficient (Wildman–Crippen LogP) is 4.13. The van der Waals surface area contributed by atoms with E-state index >= 15 is 0 Å². The fraction of sp³-hybridized carbons (Fsp3) is 0.714. The van der Waals surface area contributed by atoms with Crippen molar-refractivity contribution in [1.29, 1.82) is 0 Å². The Morgan fingerprint density at radius 1 is 1.53 bits per heavy atom. The fourth-order valence-electron chi connectivity index (χ4n) is 2.65. The summed E-state index contributed by atoms with van der Waals surface area (Å²) in [6.45, 7) is 4.50. The Morgan fingerprint density at radius 2 is 2.29 bits per heavy atom. The smallest absolute Gasteiger partial charge is 0.0832 e. The minimum absolute atomic E-state index is 0.209. The normalized spacial score (nSPS) is 25.6. The summed E-state index contributed by atoms with van der Waals surface area (Å²) in [5.41, 5.74) is 7.62. The monoisotopic (exact) mass is 253 g/mol. The maximum absolute atomic E-state index is 6.22. The average Bonchev–Trinajstić information content (AvgIpc) is 2.76. The van der Waals surface area contributed by atoms with Gasteiger partial charge in [-0.05, 0) is 36.8 Å². The van der Waals surface area contributed by atoms with Crippen LogP contribution in [0.3, 0.4) is 0 Å². The number of hydrogen-bond acceptors (Lipinski definition) is 3. The third-order valence-corrected chi connectivity index (χ3v) is 5.23. The van der Waals surface area contributed by atoms with Crippen molar-refractivity contribution in [2.75, 3.05) is 7.11 Å². The first-order valence-corrected chi connectivity index (χ1v) is 7.40. The van der Waals surface area contributed by atoms with Crippen LogP contribution in [-0.4, -0.2) is 7.11 Å². The fourth-order valence-corrected chi connectivity index (χ4v) is 3.98. The van der Waals surface area contributed by atoms with E-state index in [2.05, 4.69) is 19.9 Å². The minimum Gasteiger partial charge on any atom is -0.377 e. The van der Waals surface area contributed by atoms with Gasteiger partial charge >= 0.3 is 0 Å². The zero-order valence-corrected chi connectivity index (χ0v) is 11.8. The van der Waals surface area contributed by atoms with Gasteiger partial charge in [0.25, 0.3) is 0 Å². The average molecular weight is 253 g/mol. The molecule has 0 amide bonds. The molecular formula is C14H23NOS. The van der Waals surface area contributed by atoms with Gasteiger partial charge in [-0.3, -0.25) is 0 Å². The molecule has 0 bridgehead atoms. The number of nitrogens with two attached hydrogens (primary N) is 1. The molecule has 17 heavy (non-hydrogen) atoms. The Morgan fingerprint density at radius 3 is 2.94 bits per heavy atom. The molecule has 3 atom stereocenters. The molecule has 3 heteroatoms. The lowest BCUT2D eigenvalue weighted by molar-refractivity contribution is 0.0859. The van der Waals surface area contributed by atoms with Gasteiger partial charge in [0.05, 0.1) is 6.10 Å². The molecule has 0 saturated carbocycles. The summed E-state index contributed by atoms with van der Waals surface area (Å²) in [6.07, 6.45) is 4.89. The van der Waals surface area contributed by atoms with Crippen LogP contribution in [0.2, 0.25) is 0 Å². The molecule has 2 N–H and O–H groups in total. The van der Waals surface area contributed by atoms with Gasteiger partial charge < -0.3 is 10.5 Å². The maximum atomic E-state index is 6.22. The van der Waals surface area contributed by atoms with Crippen LogP contribution in [-0.2, 0) is 4.74 Å². The molecule has 3 unspecified atom stereocenters. The second-order valence-corrected chi connectivity index (χ2v) is 6.18. The predicted molar refractivity (Wildman–Crippen MR) is 73.6 cm³/mol. The van der Waals surface area contributed by atoms with E-state index in [4.69, 9.17) is 10.5 Å². The third kappa shape index (κ3) is 2.56. The van der Waals surface area contributed by atoms with Crippen LogP contribution in [0.5, 0.6) is 0 Å². The molecule has 1 aromatic heterocycles. The summed E-state index contributed by atoms with van der Waals surface area (Å²) in [5, 5.41) is 0. The lowest BCUT2D eigenvalue weighted by Gasteiger charge is -2.25. The highest BCUT2D eigenvalue weighted by atomic mass is 32.1. The number of hydrogen-bond donors (Lipinski definition) is 1. The maximum Gasteiger partial charge on any atom is 0.0832 e. The second-order valence-electron chi connectivity index (χ2n) is 5.07. The molecule has 0 spiro atoms. The zero-order chi connectivity index (χ0) is 12.4. The highest BCUT2D eigenvalue weighted by molar-refractivity contribution is 7.12. The molecule has 1 heterocycles. The molecule has 0 radical (unpaired) electrons. The van der Waals surface area contributed by atoms with Gasteiger partial charge in [0.1, 0.15) is 0 Å². The number of rotatable bonds is 4. The Bertz CT molecular complexity index is 374. The van der Waals surface area contributed by atoms with Crippen molar-refractivity contribution in [3.63, 3.8) is 0 Å². The van der Waals surface area contributed by atoms with E-state index in [1.54, 1.807) is 0 Å². The van der Waals surface area contributed by atoms with Crippen LogP contribution in [0.25, 0.3) is 0 Å². The molecular weight excluding hydrogens is 230 g/mol. The summed E-state index contributed by atoms with van der Waals surface area (Å²) in [6, 6.07) is 2.50. The van der Waals surface area contributed by atoms with Crippen LogP contribution in [0.15, 0.2) is 6.07 Å². The molecule has 0 aromatic carbocycles. The molecule has 1 aliphatic carbocycles. The van der Waals surface area contributed by atoms with E-state index in [9.17, 15) is 0 Å². The second kappa shape index (κ2) is 5.51. The minimum atomic E-state index is 0.209. The van der Waals surface area contributed by atoms with Gasteiger partial charge in [-0.2, -0.15) is 0 Å². The van der Waals surface area contributed by atoms with Crippen molar-refractivity contribution >= 4 is 11.3 Å². The van der Waals surface area contributed by atoms with E-state index in [1.807, 2.05) is 18.4 Å². The van der Waals surface area contributed by atoms with Crippen LogP contribution in [0.4, 0.5) is 0 Å². The highest BCUT2D eigenvalue weighted by Crippen LogP contribution is 2.44. The molecule has 0 fully saturated rings. The molecule has 0 aliphatic heterocycles. The van der Waals surface area contributed by atoms with Crippen LogP contribution < -0.4 is 5.73 Å². The van der Waals surface area contributed by atoms with Gasteiger partial charge in [0.2, 0.25) is 0 Å². The third-order valence-electron chi connectivity index (χ3n) is 3.72. The van der Waals surface area contributed by atoms with E-state index in [0.717, 1.165) is 19.3 Å². The Hall–Kier alpha value is -0.380. The first-order chi connectivity index (χ1) is 8.17.